The first-order valence-corrected chi connectivity index (χ1v) is 8.14. The van der Waals surface area contributed by atoms with Gasteiger partial charge in [-0.25, -0.2) is 0 Å². The number of anilines is 1. The summed E-state index contributed by atoms with van der Waals surface area (Å²) in [5.74, 6) is 0.914. The minimum Gasteiger partial charge on any atom is -0.371 e. The van der Waals surface area contributed by atoms with E-state index in [1.54, 1.807) is 6.92 Å². The number of hydrogen-bond donors (Lipinski definition) is 0. The Morgan fingerprint density at radius 3 is 2.35 bits per heavy atom. The summed E-state index contributed by atoms with van der Waals surface area (Å²) < 4.78 is 1.04. The maximum Gasteiger partial charge on any atom is 0.161 e. The molecule has 0 radical (unpaired) electrons. The van der Waals surface area contributed by atoms with Gasteiger partial charge in [0.25, 0.3) is 0 Å². The van der Waals surface area contributed by atoms with Crippen molar-refractivity contribution in [2.45, 2.75) is 40.5 Å². The lowest BCUT2D eigenvalue weighted by molar-refractivity contribution is 0.101. The lowest BCUT2D eigenvalue weighted by atomic mass is 9.75. The lowest BCUT2D eigenvalue weighted by Gasteiger charge is -2.40. The van der Waals surface area contributed by atoms with Crippen molar-refractivity contribution in [3.63, 3.8) is 0 Å². The van der Waals surface area contributed by atoms with Crippen LogP contribution in [0, 0.1) is 11.3 Å². The number of piperidine rings is 1. The molecule has 0 unspecified atom stereocenters. The summed E-state index contributed by atoms with van der Waals surface area (Å²) in [4.78, 5) is 14.2. The van der Waals surface area contributed by atoms with Crippen molar-refractivity contribution < 1.29 is 4.79 Å². The van der Waals surface area contributed by atoms with E-state index in [9.17, 15) is 4.79 Å². The lowest BCUT2D eigenvalue weighted by Crippen LogP contribution is -2.38. The van der Waals surface area contributed by atoms with Gasteiger partial charge in [0.2, 0.25) is 0 Å². The van der Waals surface area contributed by atoms with Gasteiger partial charge in [0.15, 0.2) is 5.78 Å². The Balaban J connectivity index is 2.18. The average molecular weight is 338 g/mol. The van der Waals surface area contributed by atoms with Gasteiger partial charge in [-0.1, -0.05) is 36.7 Å². The third kappa shape index (κ3) is 3.43. The number of Topliss-reactive ketones (excluding diaryl/α,β-unsaturated/α-hetero) is 1. The first kappa shape index (κ1) is 15.6. The van der Waals surface area contributed by atoms with Crippen LogP contribution >= 0.6 is 15.9 Å². The summed E-state index contributed by atoms with van der Waals surface area (Å²) in [5, 5.41) is 0. The van der Waals surface area contributed by atoms with Crippen molar-refractivity contribution >= 4 is 27.4 Å². The fraction of sp³-hybridized carbons (Fsp3) is 0.588. The van der Waals surface area contributed by atoms with E-state index in [0.29, 0.717) is 5.41 Å². The number of ketones is 1. The largest absolute Gasteiger partial charge is 0.371 e. The van der Waals surface area contributed by atoms with Crippen LogP contribution in [-0.4, -0.2) is 18.9 Å². The van der Waals surface area contributed by atoms with Gasteiger partial charge in [-0.05, 0) is 49.3 Å². The van der Waals surface area contributed by atoms with Gasteiger partial charge in [-0.2, -0.15) is 0 Å². The summed E-state index contributed by atoms with van der Waals surface area (Å²) in [7, 11) is 0. The minimum absolute atomic E-state index is 0.144. The molecule has 0 aliphatic carbocycles. The predicted molar refractivity (Wildman–Crippen MR) is 88.5 cm³/mol. The van der Waals surface area contributed by atoms with Gasteiger partial charge in [-0.3, -0.25) is 4.79 Å². The molecule has 1 fully saturated rings. The molecule has 0 N–H and O–H groups in total. The highest BCUT2D eigenvalue weighted by molar-refractivity contribution is 9.10. The van der Waals surface area contributed by atoms with Crippen LogP contribution in [0.1, 0.15) is 50.9 Å². The van der Waals surface area contributed by atoms with E-state index in [2.05, 4.69) is 47.7 Å². The molecule has 2 nitrogen and oxygen atoms in total. The van der Waals surface area contributed by atoms with Crippen LogP contribution in [0.2, 0.25) is 0 Å². The Bertz CT molecular complexity index is 496. The summed E-state index contributed by atoms with van der Waals surface area (Å²) in [6.45, 7) is 10.7. The smallest absolute Gasteiger partial charge is 0.161 e. The van der Waals surface area contributed by atoms with Crippen LogP contribution in [0.25, 0.3) is 0 Å². The second-order valence-electron chi connectivity index (χ2n) is 6.85. The maximum absolute atomic E-state index is 11.8. The fourth-order valence-electron chi connectivity index (χ4n) is 3.05. The Morgan fingerprint density at radius 2 is 1.85 bits per heavy atom. The van der Waals surface area contributed by atoms with Gasteiger partial charge in [0.05, 0.1) is 0 Å². The summed E-state index contributed by atoms with van der Waals surface area (Å²) in [6, 6.07) is 5.95. The van der Waals surface area contributed by atoms with Crippen LogP contribution in [0.4, 0.5) is 5.69 Å². The SMILES string of the molecule is CC(=O)c1ccc(Br)cc1N1CCC(C(C)(C)C)CC1. The summed E-state index contributed by atoms with van der Waals surface area (Å²) in [6.07, 6.45) is 2.40. The molecule has 0 aromatic heterocycles. The van der Waals surface area contributed by atoms with Gasteiger partial charge in [-0.15, -0.1) is 0 Å². The van der Waals surface area contributed by atoms with E-state index in [4.69, 9.17) is 0 Å². The molecule has 110 valence electrons. The second-order valence-corrected chi connectivity index (χ2v) is 7.76. The number of carbonyl (C=O) groups is 1. The van der Waals surface area contributed by atoms with Crippen molar-refractivity contribution in [3.05, 3.63) is 28.2 Å². The first-order chi connectivity index (χ1) is 9.29. The number of halogens is 1. The van der Waals surface area contributed by atoms with Gasteiger partial charge in [0, 0.05) is 28.8 Å². The monoisotopic (exact) mass is 337 g/mol. The highest BCUT2D eigenvalue weighted by Gasteiger charge is 2.29. The molecule has 0 saturated carbocycles. The normalized spacial score (nSPS) is 17.4. The van der Waals surface area contributed by atoms with Crippen LogP contribution < -0.4 is 4.90 Å². The number of nitrogens with zero attached hydrogens (tertiary/aromatic N) is 1. The van der Waals surface area contributed by atoms with E-state index < -0.39 is 0 Å². The van der Waals surface area contributed by atoms with Crippen LogP contribution in [0.3, 0.4) is 0 Å². The van der Waals surface area contributed by atoms with E-state index in [-0.39, 0.29) is 5.78 Å². The Morgan fingerprint density at radius 1 is 1.25 bits per heavy atom. The van der Waals surface area contributed by atoms with Gasteiger partial charge < -0.3 is 4.90 Å². The molecule has 3 heteroatoms. The average Bonchev–Trinajstić information content (AvgIpc) is 2.37. The molecule has 1 saturated heterocycles. The molecule has 2 rings (SSSR count). The minimum atomic E-state index is 0.144. The molecule has 1 aromatic carbocycles. The quantitative estimate of drug-likeness (QED) is 0.714. The van der Waals surface area contributed by atoms with Crippen molar-refractivity contribution in [1.82, 2.24) is 0 Å². The molecule has 0 spiro atoms. The predicted octanol–water partition coefficient (Wildman–Crippen LogP) is 4.91. The molecule has 0 atom stereocenters. The molecular formula is C17H24BrNO. The molecular weight excluding hydrogens is 314 g/mol. The van der Waals surface area contributed by atoms with E-state index >= 15 is 0 Å². The van der Waals surface area contributed by atoms with Crippen LogP contribution in [0.5, 0.6) is 0 Å². The van der Waals surface area contributed by atoms with Gasteiger partial charge in [0.1, 0.15) is 0 Å². The Kier molecular flexibility index (Phi) is 4.58. The zero-order valence-corrected chi connectivity index (χ0v) is 14.5. The maximum atomic E-state index is 11.8. The molecule has 0 bridgehead atoms. The van der Waals surface area contributed by atoms with Crippen molar-refractivity contribution in [2.75, 3.05) is 18.0 Å². The third-order valence-electron chi connectivity index (χ3n) is 4.40. The second kappa shape index (κ2) is 5.88. The molecule has 1 aliphatic rings. The highest BCUT2D eigenvalue weighted by atomic mass is 79.9. The Labute approximate surface area is 130 Å². The fourth-order valence-corrected chi connectivity index (χ4v) is 3.40. The number of benzene rings is 1. The van der Waals surface area contributed by atoms with E-state index in [0.717, 1.165) is 34.7 Å². The van der Waals surface area contributed by atoms with E-state index in [1.807, 2.05) is 12.1 Å². The number of carbonyl (C=O) groups excluding carboxylic acids is 1. The molecule has 20 heavy (non-hydrogen) atoms. The molecule has 1 aromatic rings. The standard InChI is InChI=1S/C17H24BrNO/c1-12(20)15-6-5-14(18)11-16(15)19-9-7-13(8-10-19)17(2,3)4/h5-6,11,13H,7-10H2,1-4H3. The zero-order chi connectivity index (χ0) is 14.9. The van der Waals surface area contributed by atoms with Crippen molar-refractivity contribution in [3.8, 4) is 0 Å². The van der Waals surface area contributed by atoms with Crippen molar-refractivity contribution in [2.24, 2.45) is 11.3 Å². The van der Waals surface area contributed by atoms with E-state index in [1.165, 1.54) is 12.8 Å². The zero-order valence-electron chi connectivity index (χ0n) is 12.9. The summed E-state index contributed by atoms with van der Waals surface area (Å²) >= 11 is 3.52. The first-order valence-electron chi connectivity index (χ1n) is 7.34. The van der Waals surface area contributed by atoms with Crippen LogP contribution in [-0.2, 0) is 0 Å². The molecule has 1 heterocycles. The number of hydrogen-bond acceptors (Lipinski definition) is 2. The van der Waals surface area contributed by atoms with Crippen LogP contribution in [0.15, 0.2) is 22.7 Å². The van der Waals surface area contributed by atoms with Gasteiger partial charge >= 0.3 is 0 Å². The summed E-state index contributed by atoms with van der Waals surface area (Å²) in [5.41, 5.74) is 2.30. The Hall–Kier alpha value is -0.830. The molecule has 1 aliphatic heterocycles. The number of rotatable bonds is 2. The third-order valence-corrected chi connectivity index (χ3v) is 4.89. The topological polar surface area (TPSA) is 20.3 Å². The highest BCUT2D eigenvalue weighted by Crippen LogP contribution is 2.36. The van der Waals surface area contributed by atoms with Crippen molar-refractivity contribution in [1.29, 1.82) is 0 Å². The molecule has 0 amide bonds.